The lowest BCUT2D eigenvalue weighted by Crippen LogP contribution is -2.51. The third kappa shape index (κ3) is 2.64. The second-order valence-corrected chi connectivity index (χ2v) is 8.07. The number of hydrogen-bond acceptors (Lipinski definition) is 5. The number of fused-ring (bicyclic) bond motifs is 3. The van der Waals surface area contributed by atoms with Gasteiger partial charge in [0.15, 0.2) is 0 Å². The van der Waals surface area contributed by atoms with E-state index in [1.165, 1.54) is 0 Å². The molecule has 7 heteroatoms. The van der Waals surface area contributed by atoms with Crippen molar-refractivity contribution in [3.8, 4) is 5.75 Å². The molecule has 4 atom stereocenters. The number of nitrogens with zero attached hydrogens (tertiary/aromatic N) is 2. The number of benzene rings is 1. The molecule has 7 nitrogen and oxygen atoms in total. The van der Waals surface area contributed by atoms with Crippen molar-refractivity contribution in [1.29, 1.82) is 0 Å². The Labute approximate surface area is 163 Å². The van der Waals surface area contributed by atoms with Crippen LogP contribution < -0.4 is 10.1 Å². The zero-order chi connectivity index (χ0) is 19.3. The smallest absolute Gasteiger partial charge is 0.249 e. The zero-order valence-corrected chi connectivity index (χ0v) is 15.8. The molecule has 148 valence electrons. The van der Waals surface area contributed by atoms with E-state index in [-0.39, 0.29) is 23.9 Å². The zero-order valence-electron chi connectivity index (χ0n) is 15.8. The first-order valence-electron chi connectivity index (χ1n) is 10.2. The lowest BCUT2D eigenvalue weighted by Gasteiger charge is -2.42. The Bertz CT molecular complexity index is 852. The average molecular weight is 383 g/mol. The van der Waals surface area contributed by atoms with Crippen molar-refractivity contribution in [1.82, 2.24) is 10.2 Å². The van der Waals surface area contributed by atoms with Crippen molar-refractivity contribution in [3.63, 3.8) is 0 Å². The predicted molar refractivity (Wildman–Crippen MR) is 102 cm³/mol. The first-order chi connectivity index (χ1) is 13.7. The first-order valence-corrected chi connectivity index (χ1v) is 10.2. The highest BCUT2D eigenvalue weighted by molar-refractivity contribution is 6.12. The van der Waals surface area contributed by atoms with Gasteiger partial charge in [0.2, 0.25) is 11.8 Å². The summed E-state index contributed by atoms with van der Waals surface area (Å²) in [4.78, 5) is 32.6. The summed E-state index contributed by atoms with van der Waals surface area (Å²) >= 11 is 0. The van der Waals surface area contributed by atoms with Gasteiger partial charge in [-0.2, -0.15) is 0 Å². The van der Waals surface area contributed by atoms with Crippen LogP contribution in [0.15, 0.2) is 23.2 Å². The molecule has 1 saturated heterocycles. The topological polar surface area (TPSA) is 91.2 Å². The monoisotopic (exact) mass is 383 g/mol. The Kier molecular flexibility index (Phi) is 4.34. The van der Waals surface area contributed by atoms with Crippen LogP contribution in [0.2, 0.25) is 0 Å². The second kappa shape index (κ2) is 6.88. The molecule has 2 unspecified atom stereocenters. The normalized spacial score (nSPS) is 31.1. The number of aliphatic imine (C=N–C) groups is 1. The number of hydrogen-bond donors (Lipinski definition) is 2. The molecule has 1 aliphatic carbocycles. The third-order valence-electron chi connectivity index (χ3n) is 6.57. The highest BCUT2D eigenvalue weighted by Crippen LogP contribution is 2.45. The molecular formula is C21H25N3O4. The van der Waals surface area contributed by atoms with Crippen molar-refractivity contribution in [2.24, 2.45) is 10.9 Å². The fourth-order valence-corrected chi connectivity index (χ4v) is 5.37. The number of para-hydroxylation sites is 1. The third-order valence-corrected chi connectivity index (χ3v) is 6.57. The molecule has 2 N–H and O–H groups in total. The Hall–Kier alpha value is -2.41. The molecule has 4 aliphatic rings. The number of nitrogens with one attached hydrogen (secondary N) is 1. The van der Waals surface area contributed by atoms with Crippen LogP contribution in [0.25, 0.3) is 0 Å². The number of aliphatic hydroxyl groups excluding tert-OH is 1. The molecule has 28 heavy (non-hydrogen) atoms. The van der Waals surface area contributed by atoms with Gasteiger partial charge in [0, 0.05) is 17.7 Å². The highest BCUT2D eigenvalue weighted by atomic mass is 16.5. The van der Waals surface area contributed by atoms with E-state index in [2.05, 4.69) is 5.32 Å². The van der Waals surface area contributed by atoms with Crippen molar-refractivity contribution in [3.05, 3.63) is 29.3 Å². The first kappa shape index (κ1) is 17.7. The maximum atomic E-state index is 13.0. The Morgan fingerprint density at radius 1 is 1.32 bits per heavy atom. The molecule has 2 amide bonds. The molecule has 5 rings (SSSR count). The molecule has 0 spiro atoms. The van der Waals surface area contributed by atoms with Crippen LogP contribution in [0.4, 0.5) is 0 Å². The molecule has 1 aromatic carbocycles. The highest BCUT2D eigenvalue weighted by Gasteiger charge is 2.50. The summed E-state index contributed by atoms with van der Waals surface area (Å²) in [6.45, 7) is 0.469. The summed E-state index contributed by atoms with van der Waals surface area (Å²) in [7, 11) is 0. The van der Waals surface area contributed by atoms with Crippen molar-refractivity contribution in [2.75, 3.05) is 19.8 Å². The number of amides is 2. The Balaban J connectivity index is 1.70. The number of carbonyl (C=O) groups is 2. The quantitative estimate of drug-likeness (QED) is 0.797. The molecule has 1 aromatic rings. The minimum atomic E-state index is -0.570. The summed E-state index contributed by atoms with van der Waals surface area (Å²) in [5, 5.41) is 12.7. The molecule has 2 fully saturated rings. The minimum absolute atomic E-state index is 0.0165. The minimum Gasteiger partial charge on any atom is -0.493 e. The molecule has 0 radical (unpaired) electrons. The number of carbonyl (C=O) groups excluding carboxylic acids is 2. The van der Waals surface area contributed by atoms with Gasteiger partial charge in [0.25, 0.3) is 0 Å². The number of ether oxygens (including phenoxy) is 1. The van der Waals surface area contributed by atoms with E-state index in [0.29, 0.717) is 13.2 Å². The number of rotatable bonds is 2. The van der Waals surface area contributed by atoms with E-state index in [1.54, 1.807) is 4.90 Å². The lowest BCUT2D eigenvalue weighted by atomic mass is 9.84. The molecule has 0 bridgehead atoms. The Morgan fingerprint density at radius 3 is 3.04 bits per heavy atom. The van der Waals surface area contributed by atoms with Crippen LogP contribution in [-0.4, -0.2) is 59.4 Å². The maximum Gasteiger partial charge on any atom is 0.249 e. The maximum absolute atomic E-state index is 13.0. The van der Waals surface area contributed by atoms with E-state index in [9.17, 15) is 14.7 Å². The summed E-state index contributed by atoms with van der Waals surface area (Å²) in [6.07, 6.45) is 4.66. The van der Waals surface area contributed by atoms with Gasteiger partial charge in [0.1, 0.15) is 18.3 Å². The predicted octanol–water partition coefficient (Wildman–Crippen LogP) is 0.995. The fraction of sp³-hybridized carbons (Fsp3) is 0.571. The fourth-order valence-electron chi connectivity index (χ4n) is 5.37. The van der Waals surface area contributed by atoms with E-state index in [0.717, 1.165) is 54.7 Å². The molecule has 0 aromatic heterocycles. The summed E-state index contributed by atoms with van der Waals surface area (Å²) < 4.78 is 5.93. The largest absolute Gasteiger partial charge is 0.493 e. The van der Waals surface area contributed by atoms with Gasteiger partial charge in [-0.1, -0.05) is 31.0 Å². The lowest BCUT2D eigenvalue weighted by molar-refractivity contribution is -0.142. The Morgan fingerprint density at radius 2 is 2.18 bits per heavy atom. The van der Waals surface area contributed by atoms with E-state index in [4.69, 9.17) is 9.73 Å². The van der Waals surface area contributed by atoms with Crippen LogP contribution in [0, 0.1) is 5.92 Å². The van der Waals surface area contributed by atoms with Crippen LogP contribution in [-0.2, 0) is 16.0 Å². The van der Waals surface area contributed by atoms with Gasteiger partial charge in [0.05, 0.1) is 31.3 Å². The van der Waals surface area contributed by atoms with Gasteiger partial charge >= 0.3 is 0 Å². The average Bonchev–Trinajstić information content (AvgIpc) is 3.30. The van der Waals surface area contributed by atoms with Crippen LogP contribution in [0.5, 0.6) is 5.75 Å². The summed E-state index contributed by atoms with van der Waals surface area (Å²) in [6, 6.07) is 5.35. The van der Waals surface area contributed by atoms with Crippen molar-refractivity contribution in [2.45, 2.75) is 50.2 Å². The number of aliphatic hydroxyl groups is 1. The van der Waals surface area contributed by atoms with E-state index >= 15 is 0 Å². The SMILES string of the molecule is O=C1NCC2=N[C@@H]3CCCCC3N(C(=O)CO)[C@H](c3cccc4c3OCC4)C12. The van der Waals surface area contributed by atoms with Crippen molar-refractivity contribution < 1.29 is 19.4 Å². The van der Waals surface area contributed by atoms with Crippen LogP contribution >= 0.6 is 0 Å². The second-order valence-electron chi connectivity index (χ2n) is 8.07. The summed E-state index contributed by atoms with van der Waals surface area (Å²) in [5.41, 5.74) is 2.80. The van der Waals surface area contributed by atoms with E-state index < -0.39 is 18.6 Å². The van der Waals surface area contributed by atoms with Crippen LogP contribution in [0.1, 0.15) is 42.9 Å². The van der Waals surface area contributed by atoms with Gasteiger partial charge < -0.3 is 20.1 Å². The van der Waals surface area contributed by atoms with Gasteiger partial charge in [-0.3, -0.25) is 14.6 Å². The van der Waals surface area contributed by atoms with Gasteiger partial charge in [-0.25, -0.2) is 0 Å². The molecule has 3 aliphatic heterocycles. The molecular weight excluding hydrogens is 358 g/mol. The van der Waals surface area contributed by atoms with Gasteiger partial charge in [-0.05, 0) is 18.4 Å². The summed E-state index contributed by atoms with van der Waals surface area (Å²) in [5.74, 6) is -0.185. The van der Waals surface area contributed by atoms with Crippen LogP contribution in [0.3, 0.4) is 0 Å². The van der Waals surface area contributed by atoms with Crippen molar-refractivity contribution >= 4 is 17.5 Å². The molecule has 1 saturated carbocycles. The standard InChI is InChI=1S/C21H25N3O4/c25-11-17(26)24-16-7-2-1-6-14(16)23-15-10-22-21(27)18(15)19(24)13-5-3-4-12-8-9-28-20(12)13/h3-5,14,16,18-19,25H,1-2,6-11H2,(H,22,27)/t14-,16?,18?,19-/m1/s1. The molecule has 3 heterocycles. The van der Waals surface area contributed by atoms with E-state index in [1.807, 2.05) is 18.2 Å². The van der Waals surface area contributed by atoms with Gasteiger partial charge in [-0.15, -0.1) is 0 Å².